The molecule has 1 aromatic heterocycles. The predicted octanol–water partition coefficient (Wildman–Crippen LogP) is 4.94. The minimum absolute atomic E-state index is 0.482. The number of aryl methyl sites for hydroxylation is 1. The lowest BCUT2D eigenvalue weighted by Gasteiger charge is -2.29. The van der Waals surface area contributed by atoms with Crippen molar-refractivity contribution in [3.8, 4) is 0 Å². The molecule has 2 aliphatic rings. The van der Waals surface area contributed by atoms with E-state index in [1.54, 1.807) is 32.0 Å². The summed E-state index contributed by atoms with van der Waals surface area (Å²) in [6.07, 6.45) is 7.70. The van der Waals surface area contributed by atoms with Gasteiger partial charge in [-0.1, -0.05) is 32.2 Å². The van der Waals surface area contributed by atoms with Crippen molar-refractivity contribution in [1.82, 2.24) is 4.72 Å². The second-order valence-electron chi connectivity index (χ2n) is 7.07. The van der Waals surface area contributed by atoms with Crippen LogP contribution in [-0.2, 0) is 12.8 Å². The van der Waals surface area contributed by atoms with Gasteiger partial charge >= 0.3 is 0 Å². The number of hydrogen-bond donors (Lipinski definition) is 2. The van der Waals surface area contributed by atoms with Crippen LogP contribution in [-0.4, -0.2) is 6.54 Å². The summed E-state index contributed by atoms with van der Waals surface area (Å²) in [4.78, 5) is 3.25. The van der Waals surface area contributed by atoms with Gasteiger partial charge < -0.3 is 0 Å². The van der Waals surface area contributed by atoms with Gasteiger partial charge in [0.05, 0.1) is 0 Å². The molecule has 0 bridgehead atoms. The first kappa shape index (κ1) is 14.7. The highest BCUT2D eigenvalue weighted by Gasteiger charge is 2.30. The molecular formula is C17H25NS2. The molecule has 0 fully saturated rings. The van der Waals surface area contributed by atoms with Crippen LogP contribution in [0.25, 0.3) is 5.57 Å². The zero-order chi connectivity index (χ0) is 14.3. The lowest BCUT2D eigenvalue weighted by Crippen LogP contribution is -2.21. The van der Waals surface area contributed by atoms with Crippen molar-refractivity contribution in [3.63, 3.8) is 0 Å². The van der Waals surface area contributed by atoms with Crippen molar-refractivity contribution >= 4 is 29.7 Å². The first-order chi connectivity index (χ1) is 9.52. The summed E-state index contributed by atoms with van der Waals surface area (Å²) in [5, 5.41) is 0. The number of thiophene rings is 1. The molecule has 0 unspecified atom stereocenters. The van der Waals surface area contributed by atoms with Crippen molar-refractivity contribution in [3.05, 3.63) is 26.5 Å². The van der Waals surface area contributed by atoms with Gasteiger partial charge in [0.2, 0.25) is 0 Å². The Morgan fingerprint density at radius 1 is 1.25 bits per heavy atom. The summed E-state index contributed by atoms with van der Waals surface area (Å²) < 4.78 is 3.04. The van der Waals surface area contributed by atoms with Gasteiger partial charge in [-0.05, 0) is 67.6 Å². The summed E-state index contributed by atoms with van der Waals surface area (Å²) in [6, 6.07) is 0. The van der Waals surface area contributed by atoms with Gasteiger partial charge in [0.25, 0.3) is 0 Å². The molecule has 0 spiro atoms. The fourth-order valence-corrected chi connectivity index (χ4v) is 5.35. The summed E-state index contributed by atoms with van der Waals surface area (Å²) in [7, 11) is 0. The second kappa shape index (κ2) is 5.51. The average molecular weight is 308 g/mol. The van der Waals surface area contributed by atoms with Crippen LogP contribution in [0.2, 0.25) is 0 Å². The van der Waals surface area contributed by atoms with Gasteiger partial charge in [-0.3, -0.25) is 4.72 Å². The Labute approximate surface area is 132 Å². The van der Waals surface area contributed by atoms with Crippen molar-refractivity contribution in [1.29, 1.82) is 0 Å². The van der Waals surface area contributed by atoms with E-state index in [4.69, 9.17) is 0 Å². The Bertz CT molecular complexity index is 552. The third-order valence-corrected chi connectivity index (χ3v) is 6.55. The Balaban J connectivity index is 2.00. The van der Waals surface area contributed by atoms with E-state index in [9.17, 15) is 0 Å². The maximum atomic E-state index is 4.19. The van der Waals surface area contributed by atoms with Crippen LogP contribution < -0.4 is 4.72 Å². The minimum atomic E-state index is 0.482. The molecule has 0 radical (unpaired) electrons. The Hall–Kier alpha value is -0.250. The zero-order valence-corrected chi connectivity index (χ0v) is 14.5. The monoisotopic (exact) mass is 307 g/mol. The molecule has 3 heteroatoms. The highest BCUT2D eigenvalue weighted by Crippen LogP contribution is 2.46. The average Bonchev–Trinajstić information content (AvgIpc) is 2.95. The summed E-state index contributed by atoms with van der Waals surface area (Å²) in [5.41, 5.74) is 6.93. The molecule has 0 aromatic carbocycles. The largest absolute Gasteiger partial charge is 0.263 e. The van der Waals surface area contributed by atoms with E-state index in [1.807, 2.05) is 0 Å². The Morgan fingerprint density at radius 3 is 2.80 bits per heavy atom. The summed E-state index contributed by atoms with van der Waals surface area (Å²) >= 11 is 6.27. The molecule has 0 aliphatic heterocycles. The first-order valence-electron chi connectivity index (χ1n) is 7.71. The van der Waals surface area contributed by atoms with Crippen LogP contribution in [0.1, 0.15) is 60.4 Å². The van der Waals surface area contributed by atoms with Crippen LogP contribution in [0.15, 0.2) is 5.57 Å². The van der Waals surface area contributed by atoms with E-state index in [0.29, 0.717) is 5.41 Å². The third-order valence-electron chi connectivity index (χ3n) is 4.94. The zero-order valence-electron chi connectivity index (χ0n) is 12.8. The van der Waals surface area contributed by atoms with Crippen LogP contribution in [0.3, 0.4) is 0 Å². The molecule has 1 aromatic rings. The van der Waals surface area contributed by atoms with Crippen molar-refractivity contribution in [2.75, 3.05) is 6.54 Å². The molecule has 0 atom stereocenters. The summed E-state index contributed by atoms with van der Waals surface area (Å²) in [5.74, 6) is 0. The van der Waals surface area contributed by atoms with E-state index in [0.717, 1.165) is 6.54 Å². The number of rotatable bonds is 3. The molecule has 3 rings (SSSR count). The van der Waals surface area contributed by atoms with Crippen molar-refractivity contribution in [2.24, 2.45) is 5.41 Å². The molecule has 0 saturated heterocycles. The van der Waals surface area contributed by atoms with E-state index in [1.165, 1.54) is 38.5 Å². The van der Waals surface area contributed by atoms with Gasteiger partial charge in [-0.15, -0.1) is 11.3 Å². The normalized spacial score (nSPS) is 21.4. The van der Waals surface area contributed by atoms with Gasteiger partial charge in [-0.25, -0.2) is 0 Å². The smallest absolute Gasteiger partial charge is 0.0337 e. The number of fused-ring (bicyclic) bond motifs is 1. The highest BCUT2D eigenvalue weighted by molar-refractivity contribution is 7.78. The van der Waals surface area contributed by atoms with Gasteiger partial charge in [0.15, 0.2) is 0 Å². The van der Waals surface area contributed by atoms with Crippen LogP contribution in [0.5, 0.6) is 0 Å². The SMILES string of the molecule is Cc1c(C2=C(CNS)CCC2)sc2c1CC(C)(C)CC2. The van der Waals surface area contributed by atoms with E-state index >= 15 is 0 Å². The molecule has 1 N–H and O–H groups in total. The molecule has 0 saturated carbocycles. The first-order valence-corrected chi connectivity index (χ1v) is 8.97. The second-order valence-corrected chi connectivity index (χ2v) is 8.49. The fourth-order valence-electron chi connectivity index (χ4n) is 3.72. The Kier molecular flexibility index (Phi) is 4.04. The topological polar surface area (TPSA) is 12.0 Å². The maximum Gasteiger partial charge on any atom is 0.0337 e. The molecule has 0 amide bonds. The van der Waals surface area contributed by atoms with Crippen LogP contribution in [0, 0.1) is 12.3 Å². The van der Waals surface area contributed by atoms with Gasteiger partial charge in [0, 0.05) is 16.3 Å². The molecule has 1 nitrogen and oxygen atoms in total. The molecule has 2 aliphatic carbocycles. The molecule has 20 heavy (non-hydrogen) atoms. The van der Waals surface area contributed by atoms with Crippen LogP contribution >= 0.6 is 24.2 Å². The van der Waals surface area contributed by atoms with Gasteiger partial charge in [0.1, 0.15) is 0 Å². The quantitative estimate of drug-likeness (QED) is 0.753. The molecule has 1 heterocycles. The lowest BCUT2D eigenvalue weighted by atomic mass is 9.76. The summed E-state index contributed by atoms with van der Waals surface area (Å²) in [6.45, 7) is 8.12. The van der Waals surface area contributed by atoms with E-state index < -0.39 is 0 Å². The van der Waals surface area contributed by atoms with Gasteiger partial charge in [-0.2, -0.15) is 0 Å². The maximum absolute atomic E-state index is 4.19. The number of allylic oxidation sites excluding steroid dienone is 1. The number of nitrogens with one attached hydrogen (secondary N) is 1. The predicted molar refractivity (Wildman–Crippen MR) is 92.6 cm³/mol. The lowest BCUT2D eigenvalue weighted by molar-refractivity contribution is 0.317. The van der Waals surface area contributed by atoms with Crippen molar-refractivity contribution in [2.45, 2.75) is 59.3 Å². The number of hydrogen-bond acceptors (Lipinski definition) is 3. The Morgan fingerprint density at radius 2 is 2.05 bits per heavy atom. The fraction of sp³-hybridized carbons (Fsp3) is 0.647. The van der Waals surface area contributed by atoms with E-state index in [2.05, 4.69) is 49.6 Å². The molecule has 110 valence electrons. The highest BCUT2D eigenvalue weighted by atomic mass is 32.1. The van der Waals surface area contributed by atoms with Crippen LogP contribution in [0.4, 0.5) is 0 Å². The van der Waals surface area contributed by atoms with E-state index in [-0.39, 0.29) is 0 Å². The standard InChI is InChI=1S/C17H25NS2/c1-11-14-9-17(2,3)8-7-15(14)20-16(11)13-6-4-5-12(13)10-18-19/h18-19H,4-10H2,1-3H3. The van der Waals surface area contributed by atoms with Crippen molar-refractivity contribution < 1.29 is 0 Å². The minimum Gasteiger partial charge on any atom is -0.263 e. The molecular weight excluding hydrogens is 282 g/mol. The number of thiol groups is 1. The third kappa shape index (κ3) is 2.60.